The minimum Gasteiger partial charge on any atom is -0.456 e. The molecule has 2 atom stereocenters. The molecule has 16 rings (SSSR count). The Kier molecular flexibility index (Phi) is 7.53. The number of hydrogen-bond acceptors (Lipinski definition) is 3. The molecule has 2 aliphatic rings. The van der Waals surface area contributed by atoms with Gasteiger partial charge in [-0.3, -0.25) is 0 Å². The topological polar surface area (TPSA) is 39.4 Å². The Morgan fingerprint density at radius 3 is 1.43 bits per heavy atom. The van der Waals surface area contributed by atoms with Gasteiger partial charge in [-0.05, 0) is 131 Å². The largest absolute Gasteiger partial charge is 0.456 e. The van der Waals surface area contributed by atoms with Crippen molar-refractivity contribution in [2.45, 2.75) is 12.8 Å². The monoisotopic (exact) mass is 892 g/mol. The van der Waals surface area contributed by atoms with E-state index < -0.39 is 0 Å². The second kappa shape index (κ2) is 13.8. The zero-order valence-corrected chi connectivity index (χ0v) is 38.1. The summed E-state index contributed by atoms with van der Waals surface area (Å²) in [5.74, 6) is 1.09. The molecule has 326 valence electrons. The second-order valence-corrected chi connectivity index (χ2v) is 19.7. The van der Waals surface area contributed by atoms with E-state index >= 15 is 0 Å². The molecular formula is C67H40O3. The summed E-state index contributed by atoms with van der Waals surface area (Å²) in [5.41, 5.74) is 11.8. The van der Waals surface area contributed by atoms with Crippen LogP contribution in [-0.4, -0.2) is 0 Å². The average molecular weight is 893 g/mol. The Morgan fingerprint density at radius 1 is 0.371 bits per heavy atom. The molecule has 2 unspecified atom stereocenters. The minimum absolute atomic E-state index is 0.135. The lowest BCUT2D eigenvalue weighted by molar-refractivity contribution is 0.468. The molecule has 3 heterocycles. The van der Waals surface area contributed by atoms with Crippen LogP contribution in [0.2, 0.25) is 0 Å². The summed E-state index contributed by atoms with van der Waals surface area (Å²) in [6.45, 7) is 2.32. The lowest BCUT2D eigenvalue weighted by Crippen LogP contribution is -2.24. The van der Waals surface area contributed by atoms with Gasteiger partial charge in [0.15, 0.2) is 0 Å². The van der Waals surface area contributed by atoms with Crippen molar-refractivity contribution in [3.63, 3.8) is 0 Å². The van der Waals surface area contributed by atoms with Gasteiger partial charge in [-0.25, -0.2) is 0 Å². The van der Waals surface area contributed by atoms with Gasteiger partial charge in [-0.2, -0.15) is 0 Å². The maximum absolute atomic E-state index is 7.13. The molecule has 14 aromatic rings. The lowest BCUT2D eigenvalue weighted by atomic mass is 9.67. The third-order valence-electron chi connectivity index (χ3n) is 15.8. The fourth-order valence-electron chi connectivity index (χ4n) is 12.5. The number of benzene rings is 11. The predicted molar refractivity (Wildman–Crippen MR) is 293 cm³/mol. The van der Waals surface area contributed by atoms with E-state index in [1.807, 2.05) is 0 Å². The Balaban J connectivity index is 1.04. The highest BCUT2D eigenvalue weighted by atomic mass is 16.3. The van der Waals surface area contributed by atoms with E-state index in [0.717, 1.165) is 99.4 Å². The second-order valence-electron chi connectivity index (χ2n) is 19.7. The van der Waals surface area contributed by atoms with Crippen molar-refractivity contribution in [3.8, 4) is 33.4 Å². The first-order valence-corrected chi connectivity index (χ1v) is 24.3. The Hall–Kier alpha value is -8.92. The lowest BCUT2D eigenvalue weighted by Gasteiger charge is -2.35. The van der Waals surface area contributed by atoms with Gasteiger partial charge in [0.05, 0.1) is 0 Å². The van der Waals surface area contributed by atoms with Crippen molar-refractivity contribution in [2.75, 3.05) is 0 Å². The molecule has 3 nitrogen and oxygen atoms in total. The third-order valence-corrected chi connectivity index (χ3v) is 15.8. The maximum atomic E-state index is 7.13. The van der Waals surface area contributed by atoms with Crippen molar-refractivity contribution in [1.82, 2.24) is 0 Å². The van der Waals surface area contributed by atoms with Crippen LogP contribution in [-0.2, 0) is 0 Å². The van der Waals surface area contributed by atoms with E-state index in [9.17, 15) is 0 Å². The summed E-state index contributed by atoms with van der Waals surface area (Å²) < 4.78 is 21.2. The van der Waals surface area contributed by atoms with Gasteiger partial charge in [0.2, 0.25) is 0 Å². The average Bonchev–Trinajstić information content (AvgIpc) is 4.13. The normalized spacial score (nSPS) is 16.7. The molecule has 0 N–H and O–H groups in total. The van der Waals surface area contributed by atoms with E-state index in [2.05, 4.69) is 225 Å². The number of rotatable bonds is 3. The first kappa shape index (κ1) is 38.1. The first-order valence-electron chi connectivity index (χ1n) is 24.3. The fraction of sp³-hybridized carbons (Fsp3) is 0.0448. The van der Waals surface area contributed by atoms with Crippen LogP contribution in [0.25, 0.3) is 148 Å². The summed E-state index contributed by atoms with van der Waals surface area (Å²) in [5, 5.41) is 17.5. The van der Waals surface area contributed by atoms with Crippen LogP contribution in [0.4, 0.5) is 0 Å². The quantitative estimate of drug-likeness (QED) is 0.177. The van der Waals surface area contributed by atoms with E-state index in [1.54, 1.807) is 0 Å². The van der Waals surface area contributed by atoms with Gasteiger partial charge in [0.25, 0.3) is 0 Å². The van der Waals surface area contributed by atoms with Crippen LogP contribution >= 0.6 is 0 Å². The number of hydrogen-bond donors (Lipinski definition) is 0. The van der Waals surface area contributed by atoms with Crippen LogP contribution in [0.1, 0.15) is 24.2 Å². The summed E-state index contributed by atoms with van der Waals surface area (Å²) in [7, 11) is 0. The summed E-state index contributed by atoms with van der Waals surface area (Å²) in [6.07, 6.45) is 13.5. The molecule has 3 aromatic heterocycles. The third kappa shape index (κ3) is 5.18. The van der Waals surface area contributed by atoms with Gasteiger partial charge in [-0.1, -0.05) is 171 Å². The smallest absolute Gasteiger partial charge is 0.143 e. The van der Waals surface area contributed by atoms with Gasteiger partial charge in [0.1, 0.15) is 33.7 Å². The highest BCUT2D eigenvalue weighted by molar-refractivity contribution is 6.30. The zero-order valence-electron chi connectivity index (χ0n) is 38.1. The summed E-state index contributed by atoms with van der Waals surface area (Å²) in [6, 6.07) is 66.3. The van der Waals surface area contributed by atoms with E-state index in [1.165, 1.54) is 54.0 Å². The minimum atomic E-state index is -0.135. The molecule has 0 bridgehead atoms. The first-order chi connectivity index (χ1) is 34.5. The Bertz CT molecular complexity index is 4530. The van der Waals surface area contributed by atoms with Crippen LogP contribution in [0.15, 0.2) is 226 Å². The number of fused-ring (bicyclic) bond motifs is 21. The predicted octanol–water partition coefficient (Wildman–Crippen LogP) is 19.2. The van der Waals surface area contributed by atoms with Crippen LogP contribution in [0.5, 0.6) is 0 Å². The molecule has 0 saturated carbocycles. The van der Waals surface area contributed by atoms with E-state index in [0.29, 0.717) is 0 Å². The molecule has 2 aliphatic carbocycles. The molecule has 0 aliphatic heterocycles. The van der Waals surface area contributed by atoms with Gasteiger partial charge in [-0.15, -0.1) is 0 Å². The molecule has 0 fully saturated rings. The van der Waals surface area contributed by atoms with Gasteiger partial charge >= 0.3 is 0 Å². The molecule has 3 heteroatoms. The molecule has 0 radical (unpaired) electrons. The molecule has 0 amide bonds. The Labute approximate surface area is 401 Å². The van der Waals surface area contributed by atoms with E-state index in [-0.39, 0.29) is 11.3 Å². The summed E-state index contributed by atoms with van der Waals surface area (Å²) >= 11 is 0. The van der Waals surface area contributed by atoms with Crippen molar-refractivity contribution in [1.29, 1.82) is 0 Å². The Morgan fingerprint density at radius 2 is 0.857 bits per heavy atom. The molecule has 0 saturated heterocycles. The number of furan rings is 3. The molecule has 70 heavy (non-hydrogen) atoms. The van der Waals surface area contributed by atoms with Crippen molar-refractivity contribution < 1.29 is 13.3 Å². The zero-order chi connectivity index (χ0) is 45.8. The SMILES string of the molecule is CC12C=CC=CC1c1c(oc3cc(-c4cc(-c5cc6ccccc6c6c5oc5ccc7ccccc7c56)cc(-c5cc6ccccc6c6c5oc5ccc7ccccc7c56)c4)c4ccccc4c13)C=C2. The molecule has 11 aromatic carbocycles. The van der Waals surface area contributed by atoms with Crippen LogP contribution < -0.4 is 0 Å². The van der Waals surface area contributed by atoms with Crippen molar-refractivity contribution >= 4 is 115 Å². The number of allylic oxidation sites excluding steroid dienone is 5. The molecule has 0 spiro atoms. The van der Waals surface area contributed by atoms with E-state index in [4.69, 9.17) is 13.3 Å². The molecular weight excluding hydrogens is 853 g/mol. The fourth-order valence-corrected chi connectivity index (χ4v) is 12.5. The van der Waals surface area contributed by atoms with Crippen LogP contribution in [0.3, 0.4) is 0 Å². The van der Waals surface area contributed by atoms with Gasteiger partial charge < -0.3 is 13.3 Å². The van der Waals surface area contributed by atoms with Crippen molar-refractivity contribution in [2.24, 2.45) is 5.41 Å². The highest BCUT2D eigenvalue weighted by Crippen LogP contribution is 2.53. The maximum Gasteiger partial charge on any atom is 0.143 e. The van der Waals surface area contributed by atoms with Crippen molar-refractivity contribution in [3.05, 3.63) is 224 Å². The van der Waals surface area contributed by atoms with Crippen LogP contribution in [0, 0.1) is 5.41 Å². The standard InChI is InChI=1S/C67H40O3/c1-67-30-13-12-24-54(67)64-57(29-31-67)68-58-37-51(49-22-10-11-23-50(49)61(58)64)42-32-43(52-35-40-16-4-8-20-47(40)62-59-45-18-6-2-14-38(45)25-27-55(59)69-65(52)62)34-44(33-42)53-36-41-17-5-9-21-48(41)63-60-46-19-7-3-15-39(46)26-28-56(60)70-66(53)63/h2-37,54H,1H3. The summed E-state index contributed by atoms with van der Waals surface area (Å²) in [4.78, 5) is 0. The highest BCUT2D eigenvalue weighted by Gasteiger charge is 2.38. The van der Waals surface area contributed by atoms with Gasteiger partial charge in [0, 0.05) is 55.0 Å².